The Morgan fingerprint density at radius 2 is 1.75 bits per heavy atom. The molecule has 2 atom stereocenters. The smallest absolute Gasteiger partial charge is 0.309 e. The molecule has 0 amide bonds. The fourth-order valence-electron chi connectivity index (χ4n) is 2.24. The van der Waals surface area contributed by atoms with Crippen molar-refractivity contribution in [1.82, 2.24) is 0 Å². The van der Waals surface area contributed by atoms with Crippen molar-refractivity contribution in [3.05, 3.63) is 0 Å². The molecule has 0 aromatic heterocycles. The van der Waals surface area contributed by atoms with E-state index in [1.807, 2.05) is 6.92 Å². The maximum absolute atomic E-state index is 11.1. The summed E-state index contributed by atoms with van der Waals surface area (Å²) in [5.41, 5.74) is -0.488. The van der Waals surface area contributed by atoms with E-state index in [1.165, 1.54) is 6.42 Å². The van der Waals surface area contributed by atoms with Gasteiger partial charge in [-0.25, -0.2) is 0 Å². The second-order valence-corrected chi connectivity index (χ2v) is 4.32. The standard InChI is InChI=1S/C10H18O2/c1-7-5-4-6-8(2)10(7,3)9(11)12/h7-8H,4-6H2,1-3H3,(H,11,12). The van der Waals surface area contributed by atoms with Crippen molar-refractivity contribution < 1.29 is 9.90 Å². The summed E-state index contributed by atoms with van der Waals surface area (Å²) in [6.07, 6.45) is 3.31. The molecule has 1 rings (SSSR count). The van der Waals surface area contributed by atoms with E-state index in [2.05, 4.69) is 13.8 Å². The predicted octanol–water partition coefficient (Wildman–Crippen LogP) is 2.53. The van der Waals surface area contributed by atoms with Crippen molar-refractivity contribution in [2.45, 2.75) is 40.0 Å². The van der Waals surface area contributed by atoms with Gasteiger partial charge in [-0.2, -0.15) is 0 Å². The average Bonchev–Trinajstić information content (AvgIpc) is 1.99. The Morgan fingerprint density at radius 1 is 1.33 bits per heavy atom. The highest BCUT2D eigenvalue weighted by Gasteiger charge is 2.45. The molecule has 0 bridgehead atoms. The highest BCUT2D eigenvalue weighted by atomic mass is 16.4. The van der Waals surface area contributed by atoms with Gasteiger partial charge in [0.25, 0.3) is 0 Å². The molecule has 2 unspecified atom stereocenters. The lowest BCUT2D eigenvalue weighted by molar-refractivity contribution is -0.157. The van der Waals surface area contributed by atoms with E-state index in [0.29, 0.717) is 11.8 Å². The van der Waals surface area contributed by atoms with Crippen LogP contribution in [-0.2, 0) is 4.79 Å². The Labute approximate surface area is 74.0 Å². The number of hydrogen-bond donors (Lipinski definition) is 1. The average molecular weight is 170 g/mol. The zero-order chi connectivity index (χ0) is 9.35. The van der Waals surface area contributed by atoms with E-state index in [4.69, 9.17) is 5.11 Å². The fraction of sp³-hybridized carbons (Fsp3) is 0.900. The van der Waals surface area contributed by atoms with E-state index in [1.54, 1.807) is 0 Å². The predicted molar refractivity (Wildman–Crippen MR) is 47.9 cm³/mol. The zero-order valence-corrected chi connectivity index (χ0v) is 8.13. The van der Waals surface area contributed by atoms with Crippen LogP contribution in [0.5, 0.6) is 0 Å². The minimum absolute atomic E-state index is 0.318. The van der Waals surface area contributed by atoms with Gasteiger partial charge in [-0.15, -0.1) is 0 Å². The molecule has 0 aromatic carbocycles. The van der Waals surface area contributed by atoms with E-state index < -0.39 is 11.4 Å². The molecule has 2 nitrogen and oxygen atoms in total. The van der Waals surface area contributed by atoms with Crippen LogP contribution in [0, 0.1) is 17.3 Å². The molecule has 0 radical (unpaired) electrons. The van der Waals surface area contributed by atoms with Crippen molar-refractivity contribution in [2.75, 3.05) is 0 Å². The molecule has 0 saturated heterocycles. The van der Waals surface area contributed by atoms with Crippen molar-refractivity contribution in [3.63, 3.8) is 0 Å². The molecule has 0 spiro atoms. The van der Waals surface area contributed by atoms with Crippen LogP contribution in [0.15, 0.2) is 0 Å². The highest BCUT2D eigenvalue weighted by molar-refractivity contribution is 5.75. The molecule has 0 heterocycles. The maximum atomic E-state index is 11.1. The summed E-state index contributed by atoms with van der Waals surface area (Å²) in [6, 6.07) is 0. The van der Waals surface area contributed by atoms with Crippen LogP contribution in [0.4, 0.5) is 0 Å². The molecule has 0 aromatic rings. The summed E-state index contributed by atoms with van der Waals surface area (Å²) in [5, 5.41) is 9.14. The van der Waals surface area contributed by atoms with Gasteiger partial charge in [-0.3, -0.25) is 4.79 Å². The summed E-state index contributed by atoms with van der Waals surface area (Å²) >= 11 is 0. The number of aliphatic carboxylic acids is 1. The van der Waals surface area contributed by atoms with Crippen LogP contribution in [0.2, 0.25) is 0 Å². The number of carboxylic acid groups (broad SMARTS) is 1. The van der Waals surface area contributed by atoms with Gasteiger partial charge in [0.05, 0.1) is 5.41 Å². The van der Waals surface area contributed by atoms with Gasteiger partial charge in [-0.05, 0) is 31.6 Å². The van der Waals surface area contributed by atoms with Gasteiger partial charge >= 0.3 is 5.97 Å². The quantitative estimate of drug-likeness (QED) is 0.656. The summed E-state index contributed by atoms with van der Waals surface area (Å²) < 4.78 is 0. The van der Waals surface area contributed by atoms with Gasteiger partial charge in [0.1, 0.15) is 0 Å². The Morgan fingerprint density at radius 3 is 2.00 bits per heavy atom. The minimum atomic E-state index is -0.623. The molecule has 2 heteroatoms. The molecule has 1 fully saturated rings. The summed E-state index contributed by atoms with van der Waals surface area (Å²) in [4.78, 5) is 11.1. The monoisotopic (exact) mass is 170 g/mol. The number of rotatable bonds is 1. The number of carbonyl (C=O) groups is 1. The summed E-state index contributed by atoms with van der Waals surface area (Å²) in [7, 11) is 0. The van der Waals surface area contributed by atoms with Crippen molar-refractivity contribution in [1.29, 1.82) is 0 Å². The lowest BCUT2D eigenvalue weighted by atomic mass is 9.62. The van der Waals surface area contributed by atoms with Crippen molar-refractivity contribution in [3.8, 4) is 0 Å². The van der Waals surface area contributed by atoms with Crippen LogP contribution in [-0.4, -0.2) is 11.1 Å². The molecule has 1 saturated carbocycles. The summed E-state index contributed by atoms with van der Waals surface area (Å²) in [6.45, 7) is 6.01. The molecule has 1 aliphatic rings. The number of hydrogen-bond acceptors (Lipinski definition) is 1. The van der Waals surface area contributed by atoms with Crippen LogP contribution in [0.3, 0.4) is 0 Å². The largest absolute Gasteiger partial charge is 0.481 e. The molecule has 70 valence electrons. The lowest BCUT2D eigenvalue weighted by Crippen LogP contribution is -2.42. The van der Waals surface area contributed by atoms with E-state index in [9.17, 15) is 4.79 Å². The SMILES string of the molecule is CC1CCCC(C)C1(C)C(=O)O. The minimum Gasteiger partial charge on any atom is -0.481 e. The second kappa shape index (κ2) is 3.08. The Balaban J connectivity index is 2.87. The Hall–Kier alpha value is -0.530. The fourth-order valence-corrected chi connectivity index (χ4v) is 2.24. The Bertz CT molecular complexity index is 176. The molecular weight excluding hydrogens is 152 g/mol. The Kier molecular flexibility index (Phi) is 2.45. The molecule has 0 aliphatic heterocycles. The van der Waals surface area contributed by atoms with E-state index in [-0.39, 0.29) is 0 Å². The van der Waals surface area contributed by atoms with Gasteiger partial charge in [-0.1, -0.05) is 20.3 Å². The first kappa shape index (κ1) is 9.56. The van der Waals surface area contributed by atoms with Gasteiger partial charge in [0, 0.05) is 0 Å². The topological polar surface area (TPSA) is 37.3 Å². The van der Waals surface area contributed by atoms with Crippen LogP contribution >= 0.6 is 0 Å². The van der Waals surface area contributed by atoms with Crippen molar-refractivity contribution >= 4 is 5.97 Å². The van der Waals surface area contributed by atoms with Crippen LogP contribution in [0.1, 0.15) is 40.0 Å². The van der Waals surface area contributed by atoms with Gasteiger partial charge < -0.3 is 5.11 Å². The first-order valence-electron chi connectivity index (χ1n) is 4.73. The maximum Gasteiger partial charge on any atom is 0.309 e. The third kappa shape index (κ3) is 1.23. The molecular formula is C10H18O2. The lowest BCUT2D eigenvalue weighted by Gasteiger charge is -2.41. The second-order valence-electron chi connectivity index (χ2n) is 4.32. The normalized spacial score (nSPS) is 42.6. The van der Waals surface area contributed by atoms with Gasteiger partial charge in [0.2, 0.25) is 0 Å². The molecule has 12 heavy (non-hydrogen) atoms. The zero-order valence-electron chi connectivity index (χ0n) is 8.13. The molecule has 1 N–H and O–H groups in total. The first-order valence-corrected chi connectivity index (χ1v) is 4.73. The van der Waals surface area contributed by atoms with Crippen molar-refractivity contribution in [2.24, 2.45) is 17.3 Å². The third-order valence-electron chi connectivity index (χ3n) is 3.78. The van der Waals surface area contributed by atoms with Crippen LogP contribution < -0.4 is 0 Å². The van der Waals surface area contributed by atoms with E-state index >= 15 is 0 Å². The third-order valence-corrected chi connectivity index (χ3v) is 3.78. The number of carboxylic acids is 1. The first-order chi connectivity index (χ1) is 5.49. The van der Waals surface area contributed by atoms with Gasteiger partial charge in [0.15, 0.2) is 0 Å². The molecule has 1 aliphatic carbocycles. The highest BCUT2D eigenvalue weighted by Crippen LogP contribution is 2.44. The van der Waals surface area contributed by atoms with E-state index in [0.717, 1.165) is 12.8 Å². The summed E-state index contributed by atoms with van der Waals surface area (Å²) in [5.74, 6) is 0.0136. The van der Waals surface area contributed by atoms with Crippen LogP contribution in [0.25, 0.3) is 0 Å².